The molecule has 0 aromatic heterocycles. The summed E-state index contributed by atoms with van der Waals surface area (Å²) in [5, 5.41) is 20.4. The maximum Gasteiger partial charge on any atom is 0.346 e. The number of carbonyl (C=O) groups excluding carboxylic acids is 1. The fourth-order valence-corrected chi connectivity index (χ4v) is 2.83. The molecule has 0 amide bonds. The van der Waals surface area contributed by atoms with Crippen LogP contribution in [-0.4, -0.2) is 16.0 Å². The Labute approximate surface area is 154 Å². The number of carbonyl (C=O) groups is 1. The molecule has 0 atom stereocenters. The van der Waals surface area contributed by atoms with Crippen LogP contribution in [0.25, 0.3) is 0 Å². The number of non-ortho nitro benzene ring substituents is 1. The molecule has 8 heteroatoms. The van der Waals surface area contributed by atoms with Gasteiger partial charge in [-0.1, -0.05) is 44.0 Å². The van der Waals surface area contributed by atoms with Crippen LogP contribution in [0, 0.1) is 10.1 Å². The van der Waals surface area contributed by atoms with Crippen molar-refractivity contribution in [1.29, 1.82) is 0 Å². The lowest BCUT2D eigenvalue weighted by molar-refractivity contribution is -0.384. The molecule has 0 spiro atoms. The molecule has 0 unspecified atom stereocenters. The van der Waals surface area contributed by atoms with E-state index in [0.29, 0.717) is 5.56 Å². The van der Waals surface area contributed by atoms with Gasteiger partial charge in [0.2, 0.25) is 0 Å². The van der Waals surface area contributed by atoms with E-state index in [1.54, 1.807) is 6.07 Å². The Kier molecular flexibility index (Phi) is 5.25. The van der Waals surface area contributed by atoms with Crippen LogP contribution in [0.1, 0.15) is 36.7 Å². The van der Waals surface area contributed by atoms with Crippen molar-refractivity contribution < 1.29 is 19.6 Å². The normalized spacial score (nSPS) is 11.2. The Morgan fingerprint density at radius 1 is 1.16 bits per heavy atom. The highest BCUT2D eigenvalue weighted by Crippen LogP contribution is 2.35. The molecule has 1 N–H and O–H groups in total. The van der Waals surface area contributed by atoms with E-state index in [1.807, 2.05) is 20.8 Å². The van der Waals surface area contributed by atoms with Crippen molar-refractivity contribution in [3.05, 3.63) is 61.6 Å². The molecule has 0 aliphatic heterocycles. The SMILES string of the molecule is CC(C)(C)c1cc(OC(=O)c2c(Cl)cc([N+](=O)[O-])cc2Cl)ccc1O. The fraction of sp³-hybridized carbons (Fsp3) is 0.235. The number of aromatic hydroxyl groups is 1. The number of nitro groups is 1. The van der Waals surface area contributed by atoms with Gasteiger partial charge in [-0.05, 0) is 23.6 Å². The van der Waals surface area contributed by atoms with Crippen molar-refractivity contribution >= 4 is 34.9 Å². The summed E-state index contributed by atoms with van der Waals surface area (Å²) >= 11 is 11.9. The van der Waals surface area contributed by atoms with Crippen LogP contribution < -0.4 is 4.74 Å². The number of ether oxygens (including phenoxy) is 1. The van der Waals surface area contributed by atoms with Crippen molar-refractivity contribution in [2.75, 3.05) is 0 Å². The monoisotopic (exact) mass is 383 g/mol. The molecule has 0 radical (unpaired) electrons. The van der Waals surface area contributed by atoms with Gasteiger partial charge < -0.3 is 9.84 Å². The molecule has 0 saturated carbocycles. The smallest absolute Gasteiger partial charge is 0.346 e. The van der Waals surface area contributed by atoms with Gasteiger partial charge >= 0.3 is 5.97 Å². The van der Waals surface area contributed by atoms with E-state index >= 15 is 0 Å². The maximum atomic E-state index is 12.4. The topological polar surface area (TPSA) is 89.7 Å². The second kappa shape index (κ2) is 6.90. The van der Waals surface area contributed by atoms with Gasteiger partial charge in [0, 0.05) is 17.7 Å². The lowest BCUT2D eigenvalue weighted by atomic mass is 9.86. The molecule has 6 nitrogen and oxygen atoms in total. The van der Waals surface area contributed by atoms with Crippen LogP contribution in [0.3, 0.4) is 0 Å². The van der Waals surface area contributed by atoms with Crippen molar-refractivity contribution in [3.63, 3.8) is 0 Å². The van der Waals surface area contributed by atoms with E-state index in [4.69, 9.17) is 27.9 Å². The van der Waals surface area contributed by atoms with Gasteiger partial charge in [0.15, 0.2) is 0 Å². The molecule has 0 aliphatic rings. The Morgan fingerprint density at radius 2 is 1.72 bits per heavy atom. The second-order valence-corrected chi connectivity index (χ2v) is 7.17. The van der Waals surface area contributed by atoms with Crippen LogP contribution in [0.15, 0.2) is 30.3 Å². The summed E-state index contributed by atoms with van der Waals surface area (Å²) in [6.45, 7) is 5.70. The van der Waals surface area contributed by atoms with Gasteiger partial charge in [-0.3, -0.25) is 10.1 Å². The minimum absolute atomic E-state index is 0.0821. The van der Waals surface area contributed by atoms with Gasteiger partial charge in [0.05, 0.1) is 20.5 Å². The first-order valence-corrected chi connectivity index (χ1v) is 7.95. The van der Waals surface area contributed by atoms with Crippen LogP contribution in [0.5, 0.6) is 11.5 Å². The van der Waals surface area contributed by atoms with Crippen molar-refractivity contribution in [3.8, 4) is 11.5 Å². The summed E-state index contributed by atoms with van der Waals surface area (Å²) in [6.07, 6.45) is 0. The molecular formula is C17H15Cl2NO5. The third-order valence-corrected chi connectivity index (χ3v) is 4.02. The summed E-state index contributed by atoms with van der Waals surface area (Å²) < 4.78 is 5.26. The largest absolute Gasteiger partial charge is 0.508 e. The summed E-state index contributed by atoms with van der Waals surface area (Å²) in [6, 6.07) is 6.45. The number of benzene rings is 2. The van der Waals surface area contributed by atoms with E-state index in [-0.39, 0.29) is 38.2 Å². The highest BCUT2D eigenvalue weighted by molar-refractivity contribution is 6.39. The van der Waals surface area contributed by atoms with Crippen LogP contribution in [-0.2, 0) is 5.41 Å². The number of nitro benzene ring substituents is 1. The Morgan fingerprint density at radius 3 is 2.20 bits per heavy atom. The van der Waals surface area contributed by atoms with Crippen molar-refractivity contribution in [2.45, 2.75) is 26.2 Å². The van der Waals surface area contributed by atoms with Gasteiger partial charge in [-0.25, -0.2) is 4.79 Å². The minimum Gasteiger partial charge on any atom is -0.508 e. The lowest BCUT2D eigenvalue weighted by Crippen LogP contribution is -2.14. The van der Waals surface area contributed by atoms with E-state index in [1.165, 1.54) is 12.1 Å². The van der Waals surface area contributed by atoms with Crippen LogP contribution >= 0.6 is 23.2 Å². The number of phenols is 1. The molecule has 0 fully saturated rings. The molecule has 2 rings (SSSR count). The summed E-state index contributed by atoms with van der Waals surface area (Å²) in [5.74, 6) is -0.577. The molecule has 0 aliphatic carbocycles. The fourth-order valence-electron chi connectivity index (χ4n) is 2.20. The average molecular weight is 384 g/mol. The zero-order valence-corrected chi connectivity index (χ0v) is 15.2. The summed E-state index contributed by atoms with van der Waals surface area (Å²) in [5.41, 5.74) is -0.265. The summed E-state index contributed by atoms with van der Waals surface area (Å²) in [4.78, 5) is 22.5. The summed E-state index contributed by atoms with van der Waals surface area (Å²) in [7, 11) is 0. The first kappa shape index (κ1) is 19.0. The highest BCUT2D eigenvalue weighted by atomic mass is 35.5. The molecule has 2 aromatic carbocycles. The van der Waals surface area contributed by atoms with E-state index < -0.39 is 10.9 Å². The van der Waals surface area contributed by atoms with Crippen molar-refractivity contribution in [2.24, 2.45) is 0 Å². The van der Waals surface area contributed by atoms with Crippen LogP contribution in [0.2, 0.25) is 10.0 Å². The first-order chi connectivity index (χ1) is 11.5. The number of nitrogens with zero attached hydrogens (tertiary/aromatic N) is 1. The lowest BCUT2D eigenvalue weighted by Gasteiger charge is -2.21. The minimum atomic E-state index is -0.851. The van der Waals surface area contributed by atoms with E-state index in [0.717, 1.165) is 12.1 Å². The third-order valence-electron chi connectivity index (χ3n) is 3.43. The highest BCUT2D eigenvalue weighted by Gasteiger charge is 2.23. The van der Waals surface area contributed by atoms with Gasteiger partial charge in [-0.15, -0.1) is 0 Å². The number of rotatable bonds is 3. The number of hydrogen-bond donors (Lipinski definition) is 1. The molecule has 0 heterocycles. The zero-order chi connectivity index (χ0) is 18.9. The Bertz CT molecular complexity index is 836. The molecule has 0 bridgehead atoms. The number of esters is 1. The maximum absolute atomic E-state index is 12.4. The van der Waals surface area contributed by atoms with E-state index in [2.05, 4.69) is 0 Å². The predicted molar refractivity (Wildman–Crippen MR) is 94.9 cm³/mol. The first-order valence-electron chi connectivity index (χ1n) is 7.20. The van der Waals surface area contributed by atoms with Gasteiger partial charge in [-0.2, -0.15) is 0 Å². The number of halogens is 2. The van der Waals surface area contributed by atoms with Crippen molar-refractivity contribution in [1.82, 2.24) is 0 Å². The predicted octanol–water partition coefficient (Wildman–Crippen LogP) is 5.12. The standard InChI is InChI=1S/C17H15Cl2NO5/c1-17(2,3)11-8-10(4-5-14(11)21)25-16(22)15-12(18)6-9(20(23)24)7-13(15)19/h4-8,21H,1-3H3. The molecule has 0 saturated heterocycles. The Balaban J connectivity index is 2.37. The zero-order valence-electron chi connectivity index (χ0n) is 13.7. The molecule has 25 heavy (non-hydrogen) atoms. The molecule has 132 valence electrons. The third kappa shape index (κ3) is 4.21. The second-order valence-electron chi connectivity index (χ2n) is 6.36. The van der Waals surface area contributed by atoms with Gasteiger partial charge in [0.25, 0.3) is 5.69 Å². The Hall–Kier alpha value is -2.31. The number of hydrogen-bond acceptors (Lipinski definition) is 5. The van der Waals surface area contributed by atoms with Gasteiger partial charge in [0.1, 0.15) is 11.5 Å². The molecule has 2 aromatic rings. The quantitative estimate of drug-likeness (QED) is 0.343. The van der Waals surface area contributed by atoms with Crippen LogP contribution in [0.4, 0.5) is 5.69 Å². The average Bonchev–Trinajstić information content (AvgIpc) is 2.47. The number of phenolic OH excluding ortho intramolecular Hbond substituents is 1. The van der Waals surface area contributed by atoms with E-state index in [9.17, 15) is 20.0 Å². The molecular weight excluding hydrogens is 369 g/mol.